The molecule has 1 aromatic rings. The Labute approximate surface area is 113 Å². The van der Waals surface area contributed by atoms with E-state index < -0.39 is 6.10 Å². The molecule has 0 spiro atoms. The number of likely N-dealkylation sites (tertiary alicyclic amines) is 1. The molecule has 98 valence electrons. The normalized spacial score (nSPS) is 16.7. The highest BCUT2D eigenvalue weighted by molar-refractivity contribution is 6.32. The van der Waals surface area contributed by atoms with Gasteiger partial charge in [-0.3, -0.25) is 4.79 Å². The van der Waals surface area contributed by atoms with E-state index in [0.717, 1.165) is 25.9 Å². The Morgan fingerprint density at radius 1 is 1.39 bits per heavy atom. The summed E-state index contributed by atoms with van der Waals surface area (Å²) < 4.78 is 5.75. The molecule has 3 nitrogen and oxygen atoms in total. The van der Waals surface area contributed by atoms with Crippen molar-refractivity contribution < 1.29 is 9.53 Å². The van der Waals surface area contributed by atoms with Gasteiger partial charge in [-0.15, -0.1) is 0 Å². The van der Waals surface area contributed by atoms with Crippen molar-refractivity contribution >= 4 is 17.5 Å². The summed E-state index contributed by atoms with van der Waals surface area (Å²) in [4.78, 5) is 14.1. The topological polar surface area (TPSA) is 29.5 Å². The van der Waals surface area contributed by atoms with Gasteiger partial charge in [0.25, 0.3) is 5.91 Å². The molecule has 0 saturated carbocycles. The smallest absolute Gasteiger partial charge is 0.263 e. The second kappa shape index (κ2) is 6.10. The van der Waals surface area contributed by atoms with Crippen LogP contribution in [0.1, 0.15) is 26.2 Å². The highest BCUT2D eigenvalue weighted by Crippen LogP contribution is 2.25. The number of para-hydroxylation sites is 1. The molecule has 1 saturated heterocycles. The Hall–Kier alpha value is -1.22. The quantitative estimate of drug-likeness (QED) is 0.839. The maximum atomic E-state index is 12.3. The minimum atomic E-state index is -0.428. The summed E-state index contributed by atoms with van der Waals surface area (Å²) >= 11 is 6.04. The van der Waals surface area contributed by atoms with Crippen LogP contribution < -0.4 is 4.74 Å². The lowest BCUT2D eigenvalue weighted by atomic mass is 10.2. The molecule has 1 atom stereocenters. The van der Waals surface area contributed by atoms with Crippen LogP contribution in [0.15, 0.2) is 24.3 Å². The van der Waals surface area contributed by atoms with E-state index in [1.54, 1.807) is 12.1 Å². The highest BCUT2D eigenvalue weighted by Gasteiger charge is 2.27. The minimum absolute atomic E-state index is 0.0786. The average molecular weight is 268 g/mol. The van der Waals surface area contributed by atoms with Crippen LogP contribution in [0.4, 0.5) is 0 Å². The first-order chi connectivity index (χ1) is 8.72. The summed E-state index contributed by atoms with van der Waals surface area (Å²) in [5, 5.41) is 0.546. The van der Waals surface area contributed by atoms with Crippen LogP contribution in [-0.4, -0.2) is 30.0 Å². The number of ether oxygens (including phenoxy) is 1. The van der Waals surface area contributed by atoms with Crippen LogP contribution in [0, 0.1) is 0 Å². The number of amides is 1. The van der Waals surface area contributed by atoms with Gasteiger partial charge < -0.3 is 9.64 Å². The van der Waals surface area contributed by atoms with Crippen LogP contribution >= 0.6 is 11.6 Å². The third kappa shape index (κ3) is 2.96. The molecule has 0 radical (unpaired) electrons. The summed E-state index contributed by atoms with van der Waals surface area (Å²) in [6.07, 6.45) is 2.41. The van der Waals surface area contributed by atoms with Crippen molar-refractivity contribution in [1.29, 1.82) is 0 Å². The van der Waals surface area contributed by atoms with E-state index in [2.05, 4.69) is 0 Å². The Kier molecular flexibility index (Phi) is 4.48. The van der Waals surface area contributed by atoms with E-state index in [1.165, 1.54) is 0 Å². The lowest BCUT2D eigenvalue weighted by Gasteiger charge is -2.23. The van der Waals surface area contributed by atoms with E-state index in [1.807, 2.05) is 24.0 Å². The standard InChI is InChI=1S/C14H18ClNO2/c1-2-12(14(17)16-9-5-6-10-16)18-13-8-4-3-7-11(13)15/h3-4,7-8,12H,2,5-6,9-10H2,1H3/t12-/m1/s1. The molecule has 0 N–H and O–H groups in total. The monoisotopic (exact) mass is 267 g/mol. The fourth-order valence-corrected chi connectivity index (χ4v) is 2.32. The van der Waals surface area contributed by atoms with Gasteiger partial charge in [-0.05, 0) is 31.4 Å². The predicted molar refractivity (Wildman–Crippen MR) is 72.0 cm³/mol. The number of carbonyl (C=O) groups excluding carboxylic acids is 1. The van der Waals surface area contributed by atoms with Crippen LogP contribution in [0.2, 0.25) is 5.02 Å². The van der Waals surface area contributed by atoms with Crippen LogP contribution in [-0.2, 0) is 4.79 Å². The Balaban J connectivity index is 2.05. The summed E-state index contributed by atoms with van der Waals surface area (Å²) in [6.45, 7) is 3.65. The molecule has 4 heteroatoms. The van der Waals surface area contributed by atoms with Crippen LogP contribution in [0.3, 0.4) is 0 Å². The maximum absolute atomic E-state index is 12.3. The van der Waals surface area contributed by atoms with Crippen molar-refractivity contribution in [2.75, 3.05) is 13.1 Å². The van der Waals surface area contributed by atoms with Crippen molar-refractivity contribution in [3.63, 3.8) is 0 Å². The van der Waals surface area contributed by atoms with Crippen LogP contribution in [0.25, 0.3) is 0 Å². The zero-order valence-electron chi connectivity index (χ0n) is 10.6. The first kappa shape index (κ1) is 13.2. The number of halogens is 1. The molecule has 1 aliphatic heterocycles. The van der Waals surface area contributed by atoms with Gasteiger partial charge in [0, 0.05) is 13.1 Å². The van der Waals surface area contributed by atoms with Crippen molar-refractivity contribution in [1.82, 2.24) is 4.90 Å². The SMILES string of the molecule is CC[C@@H](Oc1ccccc1Cl)C(=O)N1CCCC1. The van der Waals surface area contributed by atoms with E-state index in [9.17, 15) is 4.79 Å². The predicted octanol–water partition coefficient (Wildman–Crippen LogP) is 3.12. The van der Waals surface area contributed by atoms with Gasteiger partial charge in [-0.25, -0.2) is 0 Å². The molecule has 2 rings (SSSR count). The lowest BCUT2D eigenvalue weighted by Crippen LogP contribution is -2.40. The first-order valence-electron chi connectivity index (χ1n) is 6.42. The Morgan fingerprint density at radius 3 is 2.67 bits per heavy atom. The third-order valence-electron chi connectivity index (χ3n) is 3.17. The summed E-state index contributed by atoms with van der Waals surface area (Å²) in [7, 11) is 0. The molecule has 0 aromatic heterocycles. The molecule has 1 heterocycles. The fraction of sp³-hybridized carbons (Fsp3) is 0.500. The first-order valence-corrected chi connectivity index (χ1v) is 6.80. The molecule has 18 heavy (non-hydrogen) atoms. The van der Waals surface area contributed by atoms with Crippen molar-refractivity contribution in [3.05, 3.63) is 29.3 Å². The van der Waals surface area contributed by atoms with Crippen molar-refractivity contribution in [2.45, 2.75) is 32.3 Å². The third-order valence-corrected chi connectivity index (χ3v) is 3.48. The van der Waals surface area contributed by atoms with Gasteiger partial charge in [0.2, 0.25) is 0 Å². The molecule has 1 amide bonds. The molecular weight excluding hydrogens is 250 g/mol. The van der Waals surface area contributed by atoms with Gasteiger partial charge in [-0.2, -0.15) is 0 Å². The number of hydrogen-bond acceptors (Lipinski definition) is 2. The number of benzene rings is 1. The molecular formula is C14H18ClNO2. The van der Waals surface area contributed by atoms with E-state index in [-0.39, 0.29) is 5.91 Å². The van der Waals surface area contributed by atoms with Gasteiger partial charge >= 0.3 is 0 Å². The van der Waals surface area contributed by atoms with Crippen molar-refractivity contribution in [3.8, 4) is 5.75 Å². The maximum Gasteiger partial charge on any atom is 0.263 e. The zero-order chi connectivity index (χ0) is 13.0. The molecule has 0 aliphatic carbocycles. The minimum Gasteiger partial charge on any atom is -0.479 e. The number of nitrogens with zero attached hydrogens (tertiary/aromatic N) is 1. The van der Waals surface area contributed by atoms with E-state index in [0.29, 0.717) is 17.2 Å². The Morgan fingerprint density at radius 2 is 2.06 bits per heavy atom. The second-order valence-corrected chi connectivity index (χ2v) is 4.88. The average Bonchev–Trinajstić information content (AvgIpc) is 2.91. The summed E-state index contributed by atoms with van der Waals surface area (Å²) in [5.74, 6) is 0.661. The lowest BCUT2D eigenvalue weighted by molar-refractivity contribution is -0.137. The van der Waals surface area contributed by atoms with Crippen LogP contribution in [0.5, 0.6) is 5.75 Å². The fourth-order valence-electron chi connectivity index (χ4n) is 2.14. The van der Waals surface area contributed by atoms with Gasteiger partial charge in [0.15, 0.2) is 6.10 Å². The highest BCUT2D eigenvalue weighted by atomic mass is 35.5. The van der Waals surface area contributed by atoms with Crippen molar-refractivity contribution in [2.24, 2.45) is 0 Å². The molecule has 1 fully saturated rings. The second-order valence-electron chi connectivity index (χ2n) is 4.48. The summed E-state index contributed by atoms with van der Waals surface area (Å²) in [6, 6.07) is 7.26. The molecule has 0 bridgehead atoms. The number of rotatable bonds is 4. The van der Waals surface area contributed by atoms with E-state index >= 15 is 0 Å². The molecule has 0 unspecified atom stereocenters. The largest absolute Gasteiger partial charge is 0.479 e. The zero-order valence-corrected chi connectivity index (χ0v) is 11.3. The number of carbonyl (C=O) groups is 1. The number of hydrogen-bond donors (Lipinski definition) is 0. The van der Waals surface area contributed by atoms with E-state index in [4.69, 9.17) is 16.3 Å². The molecule has 1 aromatic carbocycles. The van der Waals surface area contributed by atoms with Gasteiger partial charge in [0.1, 0.15) is 5.75 Å². The van der Waals surface area contributed by atoms with Gasteiger partial charge in [0.05, 0.1) is 5.02 Å². The van der Waals surface area contributed by atoms with Gasteiger partial charge in [-0.1, -0.05) is 30.7 Å². The Bertz CT molecular complexity index is 416. The molecule has 1 aliphatic rings. The summed E-state index contributed by atoms with van der Waals surface area (Å²) in [5.41, 5.74) is 0.